The maximum Gasteiger partial charge on any atom is 0.253 e. The minimum Gasteiger partial charge on any atom is -0.307 e. The summed E-state index contributed by atoms with van der Waals surface area (Å²) in [6.07, 6.45) is 7.57. The molecule has 0 N–H and O–H groups in total. The summed E-state index contributed by atoms with van der Waals surface area (Å²) in [6, 6.07) is 11.0. The number of pyridine rings is 1. The topological polar surface area (TPSA) is 50.5 Å². The van der Waals surface area contributed by atoms with Gasteiger partial charge in [0.05, 0.1) is 0 Å². The van der Waals surface area contributed by atoms with Gasteiger partial charge < -0.3 is 4.74 Å². The van der Waals surface area contributed by atoms with E-state index in [0.29, 0.717) is 30.5 Å². The maximum absolute atomic E-state index is 13.0. The van der Waals surface area contributed by atoms with E-state index in [9.17, 15) is 9.59 Å². The number of halogens is 1. The number of carbonyl (C=O) groups excluding carboxylic acids is 2. The van der Waals surface area contributed by atoms with Gasteiger partial charge in [-0.25, -0.2) is 0 Å². The van der Waals surface area contributed by atoms with Crippen molar-refractivity contribution in [3.05, 3.63) is 64.9 Å². The van der Waals surface area contributed by atoms with E-state index in [1.807, 2.05) is 40.8 Å². The number of benzene rings is 1. The number of likely N-dealkylation sites (N-methyl/N-ethyl adjacent to an activating group) is 1. The SMILES string of the molecule is CN(COC[n+]1ccc(C=O)cc1)C1(c2ccccc2Cl)CCCCC1=O. The Labute approximate surface area is 164 Å². The van der Waals surface area contributed by atoms with Gasteiger partial charge in [-0.1, -0.05) is 36.2 Å². The second kappa shape index (κ2) is 8.74. The molecule has 1 unspecified atom stereocenters. The molecule has 3 rings (SSSR count). The second-order valence-electron chi connectivity index (χ2n) is 6.89. The van der Waals surface area contributed by atoms with Gasteiger partial charge in [-0.05, 0) is 31.5 Å². The van der Waals surface area contributed by atoms with E-state index < -0.39 is 5.54 Å². The van der Waals surface area contributed by atoms with E-state index in [2.05, 4.69) is 0 Å². The van der Waals surface area contributed by atoms with E-state index in [1.165, 1.54) is 0 Å². The number of aromatic nitrogens is 1. The lowest BCUT2D eigenvalue weighted by Gasteiger charge is -2.43. The highest BCUT2D eigenvalue weighted by atomic mass is 35.5. The van der Waals surface area contributed by atoms with E-state index in [-0.39, 0.29) is 5.78 Å². The Balaban J connectivity index is 1.75. The summed E-state index contributed by atoms with van der Waals surface area (Å²) in [5.74, 6) is 0.191. The lowest BCUT2D eigenvalue weighted by Crippen LogP contribution is -2.53. The molecule has 0 spiro atoms. The van der Waals surface area contributed by atoms with Crippen molar-refractivity contribution in [2.45, 2.75) is 38.0 Å². The molecule has 0 amide bonds. The third kappa shape index (κ3) is 4.10. The average molecular weight is 388 g/mol. The van der Waals surface area contributed by atoms with Crippen LogP contribution in [-0.2, 0) is 21.8 Å². The van der Waals surface area contributed by atoms with Gasteiger partial charge in [0.25, 0.3) is 6.73 Å². The van der Waals surface area contributed by atoms with Crippen LogP contribution in [0.2, 0.25) is 5.02 Å². The number of aldehydes is 1. The molecule has 2 aromatic rings. The first-order valence-corrected chi connectivity index (χ1v) is 9.47. The molecule has 6 heteroatoms. The highest BCUT2D eigenvalue weighted by Crippen LogP contribution is 2.42. The van der Waals surface area contributed by atoms with E-state index in [4.69, 9.17) is 16.3 Å². The van der Waals surface area contributed by atoms with Crippen molar-refractivity contribution in [3.8, 4) is 0 Å². The van der Waals surface area contributed by atoms with Gasteiger partial charge in [-0.3, -0.25) is 14.5 Å². The van der Waals surface area contributed by atoms with Gasteiger partial charge in [0.1, 0.15) is 12.3 Å². The fourth-order valence-corrected chi connectivity index (χ4v) is 4.02. The van der Waals surface area contributed by atoms with Crippen molar-refractivity contribution in [1.29, 1.82) is 0 Å². The molecule has 0 radical (unpaired) electrons. The molecule has 1 aromatic carbocycles. The number of Topliss-reactive ketones (excluding diaryl/α,β-unsaturated/α-hetero) is 1. The molecule has 27 heavy (non-hydrogen) atoms. The van der Waals surface area contributed by atoms with Gasteiger partial charge in [0.15, 0.2) is 24.5 Å². The first-order valence-electron chi connectivity index (χ1n) is 9.09. The van der Waals surface area contributed by atoms with Crippen LogP contribution in [0.3, 0.4) is 0 Å². The van der Waals surface area contributed by atoms with Crippen LogP contribution in [0.15, 0.2) is 48.8 Å². The smallest absolute Gasteiger partial charge is 0.253 e. The van der Waals surface area contributed by atoms with Crippen molar-refractivity contribution in [2.75, 3.05) is 13.8 Å². The molecule has 1 saturated carbocycles. The Kier molecular flexibility index (Phi) is 6.37. The Morgan fingerprint density at radius 3 is 2.63 bits per heavy atom. The van der Waals surface area contributed by atoms with Crippen molar-refractivity contribution in [2.24, 2.45) is 0 Å². The second-order valence-corrected chi connectivity index (χ2v) is 7.30. The number of carbonyl (C=O) groups is 2. The van der Waals surface area contributed by atoms with Crippen molar-refractivity contribution >= 4 is 23.7 Å². The van der Waals surface area contributed by atoms with E-state index in [1.54, 1.807) is 24.5 Å². The third-order valence-corrected chi connectivity index (χ3v) is 5.53. The molecule has 0 saturated heterocycles. The van der Waals surface area contributed by atoms with Crippen LogP contribution in [0.1, 0.15) is 41.6 Å². The minimum absolute atomic E-state index is 0.191. The molecule has 1 heterocycles. The van der Waals surface area contributed by atoms with E-state index in [0.717, 1.165) is 31.1 Å². The predicted molar refractivity (Wildman–Crippen MR) is 102 cm³/mol. The highest BCUT2D eigenvalue weighted by Gasteiger charge is 2.46. The quantitative estimate of drug-likeness (QED) is 0.415. The summed E-state index contributed by atoms with van der Waals surface area (Å²) in [4.78, 5) is 25.7. The van der Waals surface area contributed by atoms with Crippen LogP contribution >= 0.6 is 11.6 Å². The summed E-state index contributed by atoms with van der Waals surface area (Å²) in [6.45, 7) is 0.621. The van der Waals surface area contributed by atoms with Crippen LogP contribution in [-0.4, -0.2) is 30.7 Å². The molecule has 1 aliphatic rings. The fourth-order valence-electron chi connectivity index (χ4n) is 3.73. The van der Waals surface area contributed by atoms with Crippen LogP contribution in [0.25, 0.3) is 0 Å². The number of rotatable bonds is 7. The molecule has 142 valence electrons. The molecule has 1 fully saturated rings. The number of hydrogen-bond donors (Lipinski definition) is 0. The van der Waals surface area contributed by atoms with Crippen LogP contribution < -0.4 is 4.57 Å². The van der Waals surface area contributed by atoms with E-state index >= 15 is 0 Å². The van der Waals surface area contributed by atoms with Crippen LogP contribution in [0.5, 0.6) is 0 Å². The predicted octanol–water partition coefficient (Wildman–Crippen LogP) is 3.34. The van der Waals surface area contributed by atoms with Crippen molar-refractivity contribution in [3.63, 3.8) is 0 Å². The van der Waals surface area contributed by atoms with Gasteiger partial charge in [-0.2, -0.15) is 4.57 Å². The van der Waals surface area contributed by atoms with Gasteiger partial charge in [0.2, 0.25) is 0 Å². The first-order chi connectivity index (χ1) is 13.1. The summed E-state index contributed by atoms with van der Waals surface area (Å²) >= 11 is 6.46. The molecule has 0 bridgehead atoms. The summed E-state index contributed by atoms with van der Waals surface area (Å²) < 4.78 is 7.69. The zero-order valence-corrected chi connectivity index (χ0v) is 16.2. The Morgan fingerprint density at radius 2 is 1.96 bits per heavy atom. The average Bonchev–Trinajstić information content (AvgIpc) is 2.69. The normalized spacial score (nSPS) is 20.0. The largest absolute Gasteiger partial charge is 0.307 e. The zero-order chi connectivity index (χ0) is 19.3. The molecular weight excluding hydrogens is 364 g/mol. The van der Waals surface area contributed by atoms with Crippen molar-refractivity contribution in [1.82, 2.24) is 4.90 Å². The molecule has 1 aliphatic carbocycles. The fraction of sp³-hybridized carbons (Fsp3) is 0.381. The number of ether oxygens (including phenoxy) is 1. The van der Waals surface area contributed by atoms with Gasteiger partial charge in [-0.15, -0.1) is 0 Å². The molecule has 1 atom stereocenters. The monoisotopic (exact) mass is 387 g/mol. The van der Waals surface area contributed by atoms with Crippen molar-refractivity contribution < 1.29 is 18.9 Å². The van der Waals surface area contributed by atoms with Crippen LogP contribution in [0, 0.1) is 0 Å². The molecular formula is C21H24ClN2O3+. The highest BCUT2D eigenvalue weighted by molar-refractivity contribution is 6.31. The first kappa shape index (κ1) is 19.7. The summed E-state index contributed by atoms with van der Waals surface area (Å²) in [5.41, 5.74) is 0.724. The number of nitrogens with zero attached hydrogens (tertiary/aromatic N) is 2. The molecule has 5 nitrogen and oxygen atoms in total. The standard InChI is InChI=1S/C21H24ClN2O3/c1-23(15-27-16-24-12-9-17(14-25)10-13-24)21(11-5-4-8-20(21)26)18-6-2-3-7-19(18)22/h2-3,6-7,9-10,12-14H,4-5,8,11,15-16H2,1H3/q+1. The molecule has 0 aliphatic heterocycles. The lowest BCUT2D eigenvalue weighted by molar-refractivity contribution is -0.733. The molecule has 1 aromatic heterocycles. The Bertz CT molecular complexity index is 809. The lowest BCUT2D eigenvalue weighted by atomic mass is 9.74. The summed E-state index contributed by atoms with van der Waals surface area (Å²) in [7, 11) is 1.91. The Hall–Kier alpha value is -2.08. The number of ketones is 1. The zero-order valence-electron chi connectivity index (χ0n) is 15.4. The summed E-state index contributed by atoms with van der Waals surface area (Å²) in [5, 5.41) is 0.610. The van der Waals surface area contributed by atoms with Gasteiger partial charge in [0, 0.05) is 29.1 Å². The maximum atomic E-state index is 13.0. The third-order valence-electron chi connectivity index (χ3n) is 5.20. The number of hydrogen-bond acceptors (Lipinski definition) is 4. The Morgan fingerprint density at radius 1 is 1.22 bits per heavy atom. The van der Waals surface area contributed by atoms with Gasteiger partial charge >= 0.3 is 0 Å². The minimum atomic E-state index is -0.747. The van der Waals surface area contributed by atoms with Crippen LogP contribution in [0.4, 0.5) is 0 Å².